The fourth-order valence-electron chi connectivity index (χ4n) is 2.92. The number of carbonyl (C=O) groups is 1. The SMILES string of the molecule is O=C(c1ccco1)N(CCc1nc(-c2ccc(Cl)cc2)no1)Cc1ccccc1. The minimum Gasteiger partial charge on any atom is -0.459 e. The van der Waals surface area contributed by atoms with E-state index in [1.165, 1.54) is 6.26 Å². The maximum absolute atomic E-state index is 12.8. The van der Waals surface area contributed by atoms with Gasteiger partial charge in [0.25, 0.3) is 5.91 Å². The Bertz CT molecular complexity index is 1060. The molecule has 0 bridgehead atoms. The van der Waals surface area contributed by atoms with Crippen LogP contribution in [-0.2, 0) is 13.0 Å². The summed E-state index contributed by atoms with van der Waals surface area (Å²) < 4.78 is 10.6. The van der Waals surface area contributed by atoms with Crippen LogP contribution in [0.15, 0.2) is 81.9 Å². The molecule has 2 aromatic heterocycles. The molecule has 29 heavy (non-hydrogen) atoms. The van der Waals surface area contributed by atoms with E-state index in [1.54, 1.807) is 29.2 Å². The first-order valence-electron chi connectivity index (χ1n) is 9.14. The van der Waals surface area contributed by atoms with Gasteiger partial charge in [-0.3, -0.25) is 4.79 Å². The number of rotatable bonds is 7. The third kappa shape index (κ3) is 4.73. The van der Waals surface area contributed by atoms with Gasteiger partial charge in [0.15, 0.2) is 5.76 Å². The van der Waals surface area contributed by atoms with E-state index in [4.69, 9.17) is 20.5 Å². The number of furan rings is 1. The molecule has 0 saturated heterocycles. The van der Waals surface area contributed by atoms with Crippen LogP contribution in [-0.4, -0.2) is 27.5 Å². The highest BCUT2D eigenvalue weighted by Crippen LogP contribution is 2.19. The monoisotopic (exact) mass is 407 g/mol. The lowest BCUT2D eigenvalue weighted by Gasteiger charge is -2.21. The summed E-state index contributed by atoms with van der Waals surface area (Å²) in [6.45, 7) is 0.870. The Morgan fingerprint density at radius 3 is 2.52 bits per heavy atom. The van der Waals surface area contributed by atoms with Crippen molar-refractivity contribution < 1.29 is 13.7 Å². The third-order valence-corrected chi connectivity index (χ3v) is 4.65. The second-order valence-corrected chi connectivity index (χ2v) is 6.89. The van der Waals surface area contributed by atoms with E-state index in [1.807, 2.05) is 42.5 Å². The molecule has 4 aromatic rings. The summed E-state index contributed by atoms with van der Waals surface area (Å²) in [6.07, 6.45) is 1.92. The number of benzene rings is 2. The van der Waals surface area contributed by atoms with E-state index in [-0.39, 0.29) is 5.91 Å². The summed E-state index contributed by atoms with van der Waals surface area (Å²) in [5.41, 5.74) is 1.84. The van der Waals surface area contributed by atoms with E-state index in [9.17, 15) is 4.79 Å². The van der Waals surface area contributed by atoms with E-state index in [0.717, 1.165) is 11.1 Å². The topological polar surface area (TPSA) is 72.4 Å². The van der Waals surface area contributed by atoms with Crippen molar-refractivity contribution in [3.63, 3.8) is 0 Å². The predicted octanol–water partition coefficient (Wildman–Crippen LogP) is 4.87. The molecule has 6 nitrogen and oxygen atoms in total. The Labute approximate surface area is 172 Å². The van der Waals surface area contributed by atoms with Crippen LogP contribution in [0.3, 0.4) is 0 Å². The number of aromatic nitrogens is 2. The Kier molecular flexibility index (Phi) is 5.72. The summed E-state index contributed by atoms with van der Waals surface area (Å²) in [5, 5.41) is 4.67. The smallest absolute Gasteiger partial charge is 0.289 e. The number of hydrogen-bond donors (Lipinski definition) is 0. The fraction of sp³-hybridized carbons (Fsp3) is 0.136. The maximum atomic E-state index is 12.8. The van der Waals surface area contributed by atoms with Gasteiger partial charge in [0.2, 0.25) is 11.7 Å². The van der Waals surface area contributed by atoms with E-state index >= 15 is 0 Å². The highest BCUT2D eigenvalue weighted by molar-refractivity contribution is 6.30. The van der Waals surface area contributed by atoms with E-state index in [2.05, 4.69) is 10.1 Å². The molecule has 1 amide bonds. The number of halogens is 1. The minimum atomic E-state index is -0.184. The van der Waals surface area contributed by atoms with Crippen LogP contribution in [0.2, 0.25) is 5.02 Å². The van der Waals surface area contributed by atoms with Crippen LogP contribution in [0.25, 0.3) is 11.4 Å². The molecular weight excluding hydrogens is 390 g/mol. The molecule has 0 N–H and O–H groups in total. The lowest BCUT2D eigenvalue weighted by atomic mass is 10.2. The molecule has 0 saturated carbocycles. The standard InChI is InChI=1S/C22H18ClN3O3/c23-18-10-8-17(9-11-18)21-24-20(29-25-21)12-13-26(15-16-5-2-1-3-6-16)22(27)19-7-4-14-28-19/h1-11,14H,12-13,15H2. The molecule has 4 rings (SSSR count). The molecule has 0 spiro atoms. The van der Waals surface area contributed by atoms with E-state index in [0.29, 0.717) is 42.0 Å². The van der Waals surface area contributed by atoms with Crippen LogP contribution in [0.5, 0.6) is 0 Å². The van der Waals surface area contributed by atoms with Gasteiger partial charge >= 0.3 is 0 Å². The largest absolute Gasteiger partial charge is 0.459 e. The van der Waals surface area contributed by atoms with Gasteiger partial charge in [-0.25, -0.2) is 0 Å². The van der Waals surface area contributed by atoms with Crippen LogP contribution in [0.4, 0.5) is 0 Å². The molecule has 0 radical (unpaired) electrons. The quantitative estimate of drug-likeness (QED) is 0.437. The van der Waals surface area contributed by atoms with Crippen molar-refractivity contribution in [1.29, 1.82) is 0 Å². The van der Waals surface area contributed by atoms with Gasteiger partial charge in [-0.1, -0.05) is 47.1 Å². The van der Waals surface area contributed by atoms with Gasteiger partial charge in [0.05, 0.1) is 6.26 Å². The number of hydrogen-bond acceptors (Lipinski definition) is 5. The molecule has 0 fully saturated rings. The highest BCUT2D eigenvalue weighted by atomic mass is 35.5. The number of amides is 1. The van der Waals surface area contributed by atoms with Crippen molar-refractivity contribution in [1.82, 2.24) is 15.0 Å². The molecule has 0 aliphatic rings. The Morgan fingerprint density at radius 1 is 1.00 bits per heavy atom. The molecule has 0 atom stereocenters. The average molecular weight is 408 g/mol. The zero-order valence-corrected chi connectivity index (χ0v) is 16.2. The second kappa shape index (κ2) is 8.75. The van der Waals surface area contributed by atoms with Crippen molar-refractivity contribution in [2.45, 2.75) is 13.0 Å². The van der Waals surface area contributed by atoms with Crippen molar-refractivity contribution in [3.05, 3.63) is 95.2 Å². The minimum absolute atomic E-state index is 0.184. The van der Waals surface area contributed by atoms with Gasteiger partial charge in [-0.2, -0.15) is 4.98 Å². The average Bonchev–Trinajstić information content (AvgIpc) is 3.44. The van der Waals surface area contributed by atoms with Crippen LogP contribution >= 0.6 is 11.6 Å². The van der Waals surface area contributed by atoms with Gasteiger partial charge in [-0.15, -0.1) is 0 Å². The van der Waals surface area contributed by atoms with Crippen molar-refractivity contribution in [2.24, 2.45) is 0 Å². The number of carbonyl (C=O) groups excluding carboxylic acids is 1. The summed E-state index contributed by atoms with van der Waals surface area (Å²) in [6, 6.07) is 20.4. The summed E-state index contributed by atoms with van der Waals surface area (Å²) in [5.74, 6) is 1.06. The summed E-state index contributed by atoms with van der Waals surface area (Å²) in [4.78, 5) is 19.0. The number of nitrogens with zero attached hydrogens (tertiary/aromatic N) is 3. The van der Waals surface area contributed by atoms with Crippen molar-refractivity contribution >= 4 is 17.5 Å². The normalized spacial score (nSPS) is 10.8. The Morgan fingerprint density at radius 2 is 1.79 bits per heavy atom. The predicted molar refractivity (Wildman–Crippen MR) is 108 cm³/mol. The first kappa shape index (κ1) is 19.0. The molecule has 2 aromatic carbocycles. The third-order valence-electron chi connectivity index (χ3n) is 4.40. The lowest BCUT2D eigenvalue weighted by Crippen LogP contribution is -2.32. The van der Waals surface area contributed by atoms with Gasteiger partial charge in [-0.05, 0) is 42.0 Å². The molecule has 146 valence electrons. The zero-order chi connectivity index (χ0) is 20.1. The maximum Gasteiger partial charge on any atom is 0.289 e. The van der Waals surface area contributed by atoms with Gasteiger partial charge < -0.3 is 13.8 Å². The molecule has 0 aliphatic heterocycles. The van der Waals surface area contributed by atoms with Crippen LogP contribution in [0, 0.1) is 0 Å². The zero-order valence-electron chi connectivity index (χ0n) is 15.5. The van der Waals surface area contributed by atoms with Crippen LogP contribution in [0.1, 0.15) is 22.0 Å². The van der Waals surface area contributed by atoms with Gasteiger partial charge in [0, 0.05) is 30.1 Å². The molecule has 7 heteroatoms. The van der Waals surface area contributed by atoms with Crippen molar-refractivity contribution in [3.8, 4) is 11.4 Å². The Balaban J connectivity index is 1.47. The first-order chi connectivity index (χ1) is 14.2. The fourth-order valence-corrected chi connectivity index (χ4v) is 3.04. The first-order valence-corrected chi connectivity index (χ1v) is 9.52. The molecule has 0 unspecified atom stereocenters. The molecule has 2 heterocycles. The van der Waals surface area contributed by atoms with Crippen LogP contribution < -0.4 is 0 Å². The summed E-state index contributed by atoms with van der Waals surface area (Å²) >= 11 is 5.92. The summed E-state index contributed by atoms with van der Waals surface area (Å²) in [7, 11) is 0. The Hall–Kier alpha value is -3.38. The van der Waals surface area contributed by atoms with E-state index < -0.39 is 0 Å². The lowest BCUT2D eigenvalue weighted by molar-refractivity contribution is 0.0709. The highest BCUT2D eigenvalue weighted by Gasteiger charge is 2.20. The second-order valence-electron chi connectivity index (χ2n) is 6.46. The van der Waals surface area contributed by atoms with Gasteiger partial charge in [0.1, 0.15) is 0 Å². The molecule has 0 aliphatic carbocycles. The van der Waals surface area contributed by atoms with Crippen molar-refractivity contribution in [2.75, 3.05) is 6.54 Å². The molecular formula is C22H18ClN3O3.